The summed E-state index contributed by atoms with van der Waals surface area (Å²) in [4.78, 5) is 15.7. The van der Waals surface area contributed by atoms with Crippen molar-refractivity contribution in [2.24, 2.45) is 0 Å². The normalized spacial score (nSPS) is 16.7. The number of hydrogen-bond acceptors (Lipinski definition) is 3. The van der Waals surface area contributed by atoms with Crippen LogP contribution in [0.4, 0.5) is 0 Å². The van der Waals surface area contributed by atoms with E-state index in [4.69, 9.17) is 0 Å². The van der Waals surface area contributed by atoms with Gasteiger partial charge in [-0.3, -0.25) is 14.4 Å². The van der Waals surface area contributed by atoms with Crippen LogP contribution < -0.4 is 0 Å². The van der Waals surface area contributed by atoms with Crippen LogP contribution in [0.25, 0.3) is 0 Å². The smallest absolute Gasteiger partial charge is 0.219 e. The van der Waals surface area contributed by atoms with E-state index < -0.39 is 0 Å². The first-order valence-corrected chi connectivity index (χ1v) is 8.08. The Morgan fingerprint density at radius 2 is 1.90 bits per heavy atom. The first-order valence-electron chi connectivity index (χ1n) is 7.28. The minimum absolute atomic E-state index is 0.178. The summed E-state index contributed by atoms with van der Waals surface area (Å²) < 4.78 is 3.23. The summed E-state index contributed by atoms with van der Waals surface area (Å²) in [7, 11) is 0. The third kappa shape index (κ3) is 3.23. The topological polar surface area (TPSA) is 41.4 Å². The van der Waals surface area contributed by atoms with E-state index in [9.17, 15) is 4.79 Å². The molecule has 1 aliphatic heterocycles. The monoisotopic (exact) mass is 342 g/mol. The first kappa shape index (κ1) is 15.5. The van der Waals surface area contributed by atoms with Gasteiger partial charge in [0.2, 0.25) is 5.91 Å². The molecule has 1 aromatic rings. The Labute approximate surface area is 129 Å². The summed E-state index contributed by atoms with van der Waals surface area (Å²) in [6.07, 6.45) is 0.943. The van der Waals surface area contributed by atoms with Crippen molar-refractivity contribution in [3.8, 4) is 0 Å². The molecule has 0 atom stereocenters. The standard InChI is InChI=1S/C14H23BrN4O/c1-4-12-14(15)13(19(5-2)16-12)10-17-6-8-18(9-7-17)11(3)20/h4-10H2,1-3H3. The number of rotatable bonds is 4. The van der Waals surface area contributed by atoms with Crippen LogP contribution in [0.15, 0.2) is 4.47 Å². The molecule has 0 radical (unpaired) electrons. The third-order valence-electron chi connectivity index (χ3n) is 3.89. The van der Waals surface area contributed by atoms with E-state index in [0.717, 1.165) is 55.9 Å². The van der Waals surface area contributed by atoms with E-state index in [2.05, 4.69) is 44.5 Å². The number of aromatic nitrogens is 2. The molecule has 0 aromatic carbocycles. The average Bonchev–Trinajstić information content (AvgIpc) is 2.76. The van der Waals surface area contributed by atoms with Crippen molar-refractivity contribution in [1.29, 1.82) is 0 Å². The number of carbonyl (C=O) groups excluding carboxylic acids is 1. The first-order chi connectivity index (χ1) is 9.56. The summed E-state index contributed by atoms with van der Waals surface area (Å²) in [5.41, 5.74) is 2.38. The molecule has 0 aliphatic carbocycles. The molecule has 112 valence electrons. The van der Waals surface area contributed by atoms with Gasteiger partial charge in [0, 0.05) is 46.2 Å². The van der Waals surface area contributed by atoms with Gasteiger partial charge in [-0.15, -0.1) is 0 Å². The Morgan fingerprint density at radius 3 is 2.40 bits per heavy atom. The summed E-state index contributed by atoms with van der Waals surface area (Å²) in [6, 6.07) is 0. The summed E-state index contributed by atoms with van der Waals surface area (Å²) >= 11 is 3.69. The lowest BCUT2D eigenvalue weighted by molar-refractivity contribution is -0.130. The lowest BCUT2D eigenvalue weighted by Crippen LogP contribution is -2.47. The van der Waals surface area contributed by atoms with Crippen LogP contribution in [-0.2, 0) is 24.3 Å². The highest BCUT2D eigenvalue weighted by molar-refractivity contribution is 9.10. The van der Waals surface area contributed by atoms with Gasteiger partial charge in [-0.2, -0.15) is 5.10 Å². The Morgan fingerprint density at radius 1 is 1.25 bits per heavy atom. The number of nitrogens with zero attached hydrogens (tertiary/aromatic N) is 4. The number of piperazine rings is 1. The minimum Gasteiger partial charge on any atom is -0.340 e. The quantitative estimate of drug-likeness (QED) is 0.838. The third-order valence-corrected chi connectivity index (χ3v) is 4.80. The number of halogens is 1. The molecular formula is C14H23BrN4O. The maximum Gasteiger partial charge on any atom is 0.219 e. The molecule has 1 fully saturated rings. The lowest BCUT2D eigenvalue weighted by atomic mass is 10.2. The summed E-state index contributed by atoms with van der Waals surface area (Å²) in [6.45, 7) is 11.2. The van der Waals surface area contributed by atoms with Gasteiger partial charge in [0.15, 0.2) is 0 Å². The molecule has 6 heteroatoms. The molecule has 5 nitrogen and oxygen atoms in total. The SMILES string of the molecule is CCc1nn(CC)c(CN2CCN(C(C)=O)CC2)c1Br. The molecule has 1 saturated heterocycles. The Bertz CT molecular complexity index is 478. The zero-order valence-corrected chi connectivity index (χ0v) is 14.1. The fourth-order valence-corrected chi connectivity index (χ4v) is 3.29. The van der Waals surface area contributed by atoms with Crippen LogP contribution >= 0.6 is 15.9 Å². The molecule has 0 bridgehead atoms. The Balaban J connectivity index is 2.04. The van der Waals surface area contributed by atoms with E-state index >= 15 is 0 Å². The van der Waals surface area contributed by atoms with E-state index in [1.54, 1.807) is 6.92 Å². The lowest BCUT2D eigenvalue weighted by Gasteiger charge is -2.34. The van der Waals surface area contributed by atoms with Gasteiger partial charge in [0.05, 0.1) is 15.9 Å². The number of carbonyl (C=O) groups is 1. The Kier molecular flexibility index (Phi) is 5.21. The van der Waals surface area contributed by atoms with Gasteiger partial charge < -0.3 is 4.90 Å². The zero-order valence-electron chi connectivity index (χ0n) is 12.5. The van der Waals surface area contributed by atoms with Crippen molar-refractivity contribution >= 4 is 21.8 Å². The molecule has 1 amide bonds. The number of hydrogen-bond donors (Lipinski definition) is 0. The second kappa shape index (κ2) is 6.72. The molecule has 0 unspecified atom stereocenters. The molecule has 2 heterocycles. The van der Waals surface area contributed by atoms with Crippen molar-refractivity contribution in [3.63, 3.8) is 0 Å². The largest absolute Gasteiger partial charge is 0.340 e. The van der Waals surface area contributed by atoms with E-state index in [-0.39, 0.29) is 5.91 Å². The van der Waals surface area contributed by atoms with Crippen LogP contribution in [0.2, 0.25) is 0 Å². The summed E-state index contributed by atoms with van der Waals surface area (Å²) in [5.74, 6) is 0.178. The zero-order chi connectivity index (χ0) is 14.7. The highest BCUT2D eigenvalue weighted by Gasteiger charge is 2.22. The molecule has 0 N–H and O–H groups in total. The van der Waals surface area contributed by atoms with Crippen molar-refractivity contribution in [3.05, 3.63) is 15.9 Å². The maximum atomic E-state index is 11.3. The molecule has 1 aliphatic rings. The van der Waals surface area contributed by atoms with Crippen LogP contribution in [0.1, 0.15) is 32.2 Å². The fraction of sp³-hybridized carbons (Fsp3) is 0.714. The van der Waals surface area contributed by atoms with Crippen molar-refractivity contribution in [2.45, 2.75) is 40.3 Å². The fourth-order valence-electron chi connectivity index (χ4n) is 2.60. The van der Waals surface area contributed by atoms with Crippen molar-refractivity contribution in [2.75, 3.05) is 26.2 Å². The van der Waals surface area contributed by atoms with Gasteiger partial charge in [0.25, 0.3) is 0 Å². The molecule has 0 spiro atoms. The highest BCUT2D eigenvalue weighted by atomic mass is 79.9. The van der Waals surface area contributed by atoms with Gasteiger partial charge in [0.1, 0.15) is 0 Å². The molecule has 0 saturated carbocycles. The predicted octanol–water partition coefficient (Wildman–Crippen LogP) is 1.89. The number of aryl methyl sites for hydroxylation is 2. The molecule has 1 aromatic heterocycles. The van der Waals surface area contributed by atoms with Crippen molar-refractivity contribution in [1.82, 2.24) is 19.6 Å². The minimum atomic E-state index is 0.178. The molecular weight excluding hydrogens is 320 g/mol. The van der Waals surface area contributed by atoms with Gasteiger partial charge in [-0.1, -0.05) is 6.92 Å². The van der Waals surface area contributed by atoms with E-state index in [0.29, 0.717) is 0 Å². The van der Waals surface area contributed by atoms with Crippen molar-refractivity contribution < 1.29 is 4.79 Å². The highest BCUT2D eigenvalue weighted by Crippen LogP contribution is 2.24. The van der Waals surface area contributed by atoms with Crippen LogP contribution in [0.5, 0.6) is 0 Å². The second-order valence-electron chi connectivity index (χ2n) is 5.16. The number of amides is 1. The van der Waals surface area contributed by atoms with Crippen LogP contribution in [0.3, 0.4) is 0 Å². The van der Waals surface area contributed by atoms with E-state index in [1.807, 2.05) is 4.90 Å². The van der Waals surface area contributed by atoms with Gasteiger partial charge in [-0.25, -0.2) is 0 Å². The predicted molar refractivity (Wildman–Crippen MR) is 82.5 cm³/mol. The molecule has 2 rings (SSSR count). The maximum absolute atomic E-state index is 11.3. The molecule has 20 heavy (non-hydrogen) atoms. The van der Waals surface area contributed by atoms with Gasteiger partial charge >= 0.3 is 0 Å². The second-order valence-corrected chi connectivity index (χ2v) is 5.95. The van der Waals surface area contributed by atoms with E-state index in [1.165, 1.54) is 5.69 Å². The summed E-state index contributed by atoms with van der Waals surface area (Å²) in [5, 5.41) is 4.63. The van der Waals surface area contributed by atoms with Crippen LogP contribution in [0, 0.1) is 0 Å². The van der Waals surface area contributed by atoms with Crippen LogP contribution in [-0.4, -0.2) is 51.7 Å². The average molecular weight is 343 g/mol. The van der Waals surface area contributed by atoms with Gasteiger partial charge in [-0.05, 0) is 29.3 Å². The Hall–Kier alpha value is -0.880.